The van der Waals surface area contributed by atoms with Crippen molar-refractivity contribution >= 4 is 11.6 Å². The van der Waals surface area contributed by atoms with Crippen molar-refractivity contribution in [1.29, 1.82) is 0 Å². The highest BCUT2D eigenvalue weighted by Gasteiger charge is 2.20. The molecule has 0 radical (unpaired) electrons. The van der Waals surface area contributed by atoms with Crippen molar-refractivity contribution in [3.8, 4) is 11.5 Å². The van der Waals surface area contributed by atoms with E-state index in [1.807, 2.05) is 30.3 Å². The highest BCUT2D eigenvalue weighted by atomic mass is 19.1. The average molecular weight is 386 g/mol. The smallest absolute Gasteiger partial charge is 0.194 e. The number of ether oxygens (including phenoxy) is 2. The standard InChI is InChI=1S/C21H27FN4O2/c1-23-21(24-15-16-4-9-19(27-2)14-20(16)28-3)26-12-10-25(11-13-26)18-7-5-17(22)6-8-18/h4-9,14H,10-13,15H2,1-3H3,(H,23,24). The minimum Gasteiger partial charge on any atom is -0.497 e. The molecule has 0 amide bonds. The Kier molecular flexibility index (Phi) is 6.57. The van der Waals surface area contributed by atoms with Crippen LogP contribution in [0.1, 0.15) is 5.56 Å². The fraction of sp³-hybridized carbons (Fsp3) is 0.381. The first-order valence-electron chi connectivity index (χ1n) is 9.31. The maximum absolute atomic E-state index is 13.1. The summed E-state index contributed by atoms with van der Waals surface area (Å²) in [5, 5.41) is 3.42. The van der Waals surface area contributed by atoms with Gasteiger partial charge in [-0.05, 0) is 36.4 Å². The molecule has 1 saturated heterocycles. The van der Waals surface area contributed by atoms with E-state index in [9.17, 15) is 4.39 Å². The second-order valence-corrected chi connectivity index (χ2v) is 6.53. The molecular weight excluding hydrogens is 359 g/mol. The van der Waals surface area contributed by atoms with Crippen LogP contribution in [0.3, 0.4) is 0 Å². The van der Waals surface area contributed by atoms with Gasteiger partial charge in [-0.25, -0.2) is 4.39 Å². The molecule has 150 valence electrons. The van der Waals surface area contributed by atoms with Crippen LogP contribution in [0, 0.1) is 5.82 Å². The SMILES string of the molecule is CN=C(NCc1ccc(OC)cc1OC)N1CCN(c2ccc(F)cc2)CC1. The number of rotatable bonds is 5. The number of benzene rings is 2. The zero-order valence-electron chi connectivity index (χ0n) is 16.6. The van der Waals surface area contributed by atoms with E-state index < -0.39 is 0 Å². The van der Waals surface area contributed by atoms with Gasteiger partial charge in [0, 0.05) is 57.1 Å². The predicted molar refractivity (Wildman–Crippen MR) is 110 cm³/mol. The van der Waals surface area contributed by atoms with E-state index in [2.05, 4.69) is 20.1 Å². The van der Waals surface area contributed by atoms with Gasteiger partial charge in [0.05, 0.1) is 14.2 Å². The fourth-order valence-corrected chi connectivity index (χ4v) is 3.33. The molecule has 0 unspecified atom stereocenters. The van der Waals surface area contributed by atoms with Crippen LogP contribution in [0.15, 0.2) is 47.5 Å². The first kappa shape index (κ1) is 19.8. The zero-order chi connectivity index (χ0) is 19.9. The number of hydrogen-bond donors (Lipinski definition) is 1. The Labute approximate surface area is 165 Å². The third kappa shape index (κ3) is 4.65. The molecule has 7 heteroatoms. The number of nitrogens with one attached hydrogen (secondary N) is 1. The molecule has 2 aromatic rings. The Morgan fingerprint density at radius 3 is 2.36 bits per heavy atom. The number of methoxy groups -OCH3 is 2. The number of anilines is 1. The molecule has 1 aliphatic heterocycles. The van der Waals surface area contributed by atoms with Gasteiger partial charge in [-0.15, -0.1) is 0 Å². The molecule has 2 aromatic carbocycles. The van der Waals surface area contributed by atoms with Crippen molar-refractivity contribution < 1.29 is 13.9 Å². The number of aliphatic imine (C=N–C) groups is 1. The van der Waals surface area contributed by atoms with Crippen molar-refractivity contribution in [3.63, 3.8) is 0 Å². The Balaban J connectivity index is 1.57. The number of guanidine groups is 1. The molecule has 1 aliphatic rings. The van der Waals surface area contributed by atoms with E-state index in [0.29, 0.717) is 6.54 Å². The quantitative estimate of drug-likeness (QED) is 0.633. The lowest BCUT2D eigenvalue weighted by molar-refractivity contribution is 0.370. The summed E-state index contributed by atoms with van der Waals surface area (Å²) in [4.78, 5) is 8.92. The summed E-state index contributed by atoms with van der Waals surface area (Å²) in [5.74, 6) is 2.20. The van der Waals surface area contributed by atoms with Crippen molar-refractivity contribution in [1.82, 2.24) is 10.2 Å². The molecule has 28 heavy (non-hydrogen) atoms. The summed E-state index contributed by atoms with van der Waals surface area (Å²) in [7, 11) is 5.09. The van der Waals surface area contributed by atoms with Gasteiger partial charge in [0.1, 0.15) is 17.3 Å². The largest absolute Gasteiger partial charge is 0.497 e. The van der Waals surface area contributed by atoms with Gasteiger partial charge in [0.2, 0.25) is 0 Å². The maximum atomic E-state index is 13.1. The van der Waals surface area contributed by atoms with Gasteiger partial charge < -0.3 is 24.6 Å². The summed E-state index contributed by atoms with van der Waals surface area (Å²) >= 11 is 0. The number of halogens is 1. The van der Waals surface area contributed by atoms with Crippen LogP contribution in [-0.4, -0.2) is 58.3 Å². The molecule has 3 rings (SSSR count). The van der Waals surface area contributed by atoms with Crippen molar-refractivity contribution in [2.45, 2.75) is 6.54 Å². The van der Waals surface area contributed by atoms with E-state index in [4.69, 9.17) is 9.47 Å². The molecule has 0 aromatic heterocycles. The zero-order valence-corrected chi connectivity index (χ0v) is 16.6. The van der Waals surface area contributed by atoms with Gasteiger partial charge in [-0.2, -0.15) is 0 Å². The molecule has 0 saturated carbocycles. The van der Waals surface area contributed by atoms with Crippen LogP contribution in [0.2, 0.25) is 0 Å². The van der Waals surface area contributed by atoms with Gasteiger partial charge >= 0.3 is 0 Å². The van der Waals surface area contributed by atoms with E-state index in [1.165, 1.54) is 12.1 Å². The number of piperazine rings is 1. The van der Waals surface area contributed by atoms with Gasteiger partial charge in [0.15, 0.2) is 5.96 Å². The summed E-state index contributed by atoms with van der Waals surface area (Å²) < 4.78 is 23.8. The molecule has 0 atom stereocenters. The van der Waals surface area contributed by atoms with Crippen molar-refractivity contribution in [2.75, 3.05) is 52.3 Å². The second kappa shape index (κ2) is 9.30. The Morgan fingerprint density at radius 2 is 1.75 bits per heavy atom. The molecule has 1 N–H and O–H groups in total. The Morgan fingerprint density at radius 1 is 1.04 bits per heavy atom. The van der Waals surface area contributed by atoms with E-state index in [1.54, 1.807) is 21.3 Å². The predicted octanol–water partition coefficient (Wildman–Crippen LogP) is 2.74. The molecular formula is C21H27FN4O2. The van der Waals surface area contributed by atoms with Crippen LogP contribution in [0.25, 0.3) is 0 Å². The molecule has 0 spiro atoms. The minimum absolute atomic E-state index is 0.207. The van der Waals surface area contributed by atoms with E-state index >= 15 is 0 Å². The number of hydrogen-bond acceptors (Lipinski definition) is 4. The van der Waals surface area contributed by atoms with Crippen LogP contribution < -0.4 is 19.7 Å². The van der Waals surface area contributed by atoms with Gasteiger partial charge in [-0.1, -0.05) is 0 Å². The first-order valence-corrected chi connectivity index (χ1v) is 9.31. The molecule has 0 aliphatic carbocycles. The van der Waals surface area contributed by atoms with Crippen molar-refractivity contribution in [3.05, 3.63) is 53.8 Å². The minimum atomic E-state index is -0.207. The summed E-state index contributed by atoms with van der Waals surface area (Å²) in [5.41, 5.74) is 2.08. The van der Waals surface area contributed by atoms with E-state index in [-0.39, 0.29) is 5.82 Å². The van der Waals surface area contributed by atoms with Crippen LogP contribution >= 0.6 is 0 Å². The average Bonchev–Trinajstić information content (AvgIpc) is 2.75. The first-order chi connectivity index (χ1) is 13.6. The van der Waals surface area contributed by atoms with Crippen LogP contribution in [0.4, 0.5) is 10.1 Å². The maximum Gasteiger partial charge on any atom is 0.194 e. The van der Waals surface area contributed by atoms with Gasteiger partial charge in [0.25, 0.3) is 0 Å². The fourth-order valence-electron chi connectivity index (χ4n) is 3.33. The lowest BCUT2D eigenvalue weighted by Crippen LogP contribution is -2.52. The van der Waals surface area contributed by atoms with Crippen molar-refractivity contribution in [2.24, 2.45) is 4.99 Å². The highest BCUT2D eigenvalue weighted by molar-refractivity contribution is 5.80. The summed E-state index contributed by atoms with van der Waals surface area (Å²) in [6.07, 6.45) is 0. The Bertz CT molecular complexity index is 803. The summed E-state index contributed by atoms with van der Waals surface area (Å²) in [6, 6.07) is 12.5. The normalized spacial score (nSPS) is 14.8. The Hall–Kier alpha value is -2.96. The lowest BCUT2D eigenvalue weighted by Gasteiger charge is -2.37. The third-order valence-electron chi connectivity index (χ3n) is 4.91. The third-order valence-corrected chi connectivity index (χ3v) is 4.91. The van der Waals surface area contributed by atoms with Gasteiger partial charge in [-0.3, -0.25) is 4.99 Å². The summed E-state index contributed by atoms with van der Waals surface area (Å²) in [6.45, 7) is 4.02. The topological polar surface area (TPSA) is 49.3 Å². The molecule has 1 heterocycles. The lowest BCUT2D eigenvalue weighted by atomic mass is 10.2. The monoisotopic (exact) mass is 386 g/mol. The van der Waals surface area contributed by atoms with Crippen LogP contribution in [0.5, 0.6) is 11.5 Å². The van der Waals surface area contributed by atoms with E-state index in [0.717, 1.165) is 54.9 Å². The molecule has 6 nitrogen and oxygen atoms in total. The molecule has 0 bridgehead atoms. The number of nitrogens with zero attached hydrogens (tertiary/aromatic N) is 3. The molecule has 1 fully saturated rings. The highest BCUT2D eigenvalue weighted by Crippen LogP contribution is 2.24. The van der Waals surface area contributed by atoms with Crippen LogP contribution in [-0.2, 0) is 6.54 Å². The second-order valence-electron chi connectivity index (χ2n) is 6.53.